The summed E-state index contributed by atoms with van der Waals surface area (Å²) in [4.78, 5) is 34.0. The molecule has 20 heavy (non-hydrogen) atoms. The molecule has 0 spiro atoms. The van der Waals surface area contributed by atoms with Crippen LogP contribution in [-0.2, 0) is 4.74 Å². The van der Waals surface area contributed by atoms with E-state index in [2.05, 4.69) is 9.47 Å². The highest BCUT2D eigenvalue weighted by Gasteiger charge is 2.39. The van der Waals surface area contributed by atoms with E-state index in [1.807, 2.05) is 0 Å². The third kappa shape index (κ3) is 3.46. The lowest BCUT2D eigenvalue weighted by atomic mass is 10.2. The molecular weight excluding hydrogens is 289 g/mol. The predicted molar refractivity (Wildman–Crippen MR) is 56.4 cm³/mol. The number of esters is 1. The monoisotopic (exact) mass is 296 g/mol. The van der Waals surface area contributed by atoms with Crippen molar-refractivity contribution in [1.82, 2.24) is 4.98 Å². The highest BCUT2D eigenvalue weighted by Crippen LogP contribution is 2.33. The first-order valence-electron chi connectivity index (χ1n) is 5.00. The number of halogens is 3. The van der Waals surface area contributed by atoms with Crippen LogP contribution in [0.2, 0.25) is 0 Å². The number of nitrogens with zero attached hydrogens (tertiary/aromatic N) is 1. The third-order valence-corrected chi connectivity index (χ3v) is 1.92. The van der Waals surface area contributed by atoms with Gasteiger partial charge in [0.1, 0.15) is 0 Å². The van der Waals surface area contributed by atoms with Crippen LogP contribution in [0.15, 0.2) is 11.0 Å². The predicted octanol–water partition coefficient (Wildman–Crippen LogP) is 1.36. The lowest BCUT2D eigenvalue weighted by Gasteiger charge is -2.11. The number of hydrogen-bond acceptors (Lipinski definition) is 6. The molecule has 0 atom stereocenters. The molecule has 1 rings (SSSR count). The van der Waals surface area contributed by atoms with Crippen LogP contribution in [0, 0.1) is 10.1 Å². The number of hydrogen-bond donors (Lipinski definition) is 1. The highest BCUT2D eigenvalue weighted by atomic mass is 19.4. The van der Waals surface area contributed by atoms with Gasteiger partial charge in [0.25, 0.3) is 5.56 Å². The summed E-state index contributed by atoms with van der Waals surface area (Å²) in [7, 11) is 0. The fourth-order valence-corrected chi connectivity index (χ4v) is 1.25. The van der Waals surface area contributed by atoms with Crippen LogP contribution in [0.5, 0.6) is 5.75 Å². The van der Waals surface area contributed by atoms with Gasteiger partial charge < -0.3 is 14.5 Å². The van der Waals surface area contributed by atoms with Gasteiger partial charge in [-0.25, -0.2) is 4.79 Å². The zero-order valence-electron chi connectivity index (χ0n) is 9.82. The molecule has 0 unspecified atom stereocenters. The quantitative estimate of drug-likeness (QED) is 0.510. The summed E-state index contributed by atoms with van der Waals surface area (Å²) in [6.45, 7) is 1.10. The molecule has 0 saturated heterocycles. The van der Waals surface area contributed by atoms with Crippen LogP contribution >= 0.6 is 0 Å². The van der Waals surface area contributed by atoms with Gasteiger partial charge in [-0.1, -0.05) is 0 Å². The molecule has 0 amide bonds. The zero-order valence-corrected chi connectivity index (χ0v) is 9.82. The number of H-pyrrole nitrogens is 1. The van der Waals surface area contributed by atoms with Crippen LogP contribution in [0.25, 0.3) is 0 Å². The molecule has 1 aromatic heterocycles. The zero-order chi connectivity index (χ0) is 15.5. The van der Waals surface area contributed by atoms with Crippen molar-refractivity contribution >= 4 is 11.7 Å². The molecular formula is C9H7F3N2O6. The topological polar surface area (TPSA) is 112 Å². The van der Waals surface area contributed by atoms with E-state index in [0.29, 0.717) is 6.20 Å². The molecule has 11 heteroatoms. The van der Waals surface area contributed by atoms with Crippen LogP contribution in [0.1, 0.15) is 17.3 Å². The van der Waals surface area contributed by atoms with Gasteiger partial charge in [-0.3, -0.25) is 14.9 Å². The van der Waals surface area contributed by atoms with Crippen molar-refractivity contribution in [2.45, 2.75) is 13.3 Å². The van der Waals surface area contributed by atoms with E-state index in [1.165, 1.54) is 6.92 Å². The maximum Gasteiger partial charge on any atom is 0.573 e. The Morgan fingerprint density at radius 1 is 1.50 bits per heavy atom. The summed E-state index contributed by atoms with van der Waals surface area (Å²) in [5, 5.41) is 10.6. The van der Waals surface area contributed by atoms with Crippen molar-refractivity contribution in [1.29, 1.82) is 0 Å². The van der Waals surface area contributed by atoms with Gasteiger partial charge in [-0.2, -0.15) is 0 Å². The first-order valence-corrected chi connectivity index (χ1v) is 5.00. The van der Waals surface area contributed by atoms with Crippen molar-refractivity contribution in [3.05, 3.63) is 32.2 Å². The minimum atomic E-state index is -5.32. The molecule has 0 fully saturated rings. The van der Waals surface area contributed by atoms with Gasteiger partial charge in [0.15, 0.2) is 5.56 Å². The summed E-state index contributed by atoms with van der Waals surface area (Å²) in [5.74, 6) is -2.97. The second-order valence-electron chi connectivity index (χ2n) is 3.23. The average molecular weight is 296 g/mol. The van der Waals surface area contributed by atoms with E-state index >= 15 is 0 Å². The smallest absolute Gasteiger partial charge is 0.462 e. The highest BCUT2D eigenvalue weighted by molar-refractivity contribution is 5.93. The maximum absolute atomic E-state index is 12.2. The van der Waals surface area contributed by atoms with Crippen molar-refractivity contribution in [2.24, 2.45) is 0 Å². The number of carbonyl (C=O) groups is 1. The molecule has 0 saturated carbocycles. The Bertz CT molecular complexity index is 594. The van der Waals surface area contributed by atoms with Gasteiger partial charge in [0.2, 0.25) is 5.75 Å². The number of nitrogens with one attached hydrogen (secondary N) is 1. The molecule has 0 bridgehead atoms. The Hall–Kier alpha value is -2.59. The van der Waals surface area contributed by atoms with Crippen molar-refractivity contribution < 1.29 is 32.4 Å². The minimum Gasteiger partial charge on any atom is -0.462 e. The van der Waals surface area contributed by atoms with Gasteiger partial charge in [0, 0.05) is 0 Å². The van der Waals surface area contributed by atoms with E-state index in [4.69, 9.17) is 0 Å². The first-order chi connectivity index (χ1) is 9.17. The molecule has 0 aliphatic rings. The van der Waals surface area contributed by atoms with Gasteiger partial charge >= 0.3 is 18.0 Å². The second kappa shape index (κ2) is 5.59. The van der Waals surface area contributed by atoms with Gasteiger partial charge in [0.05, 0.1) is 17.7 Å². The Balaban J connectivity index is 3.54. The van der Waals surface area contributed by atoms with E-state index in [-0.39, 0.29) is 6.61 Å². The summed E-state index contributed by atoms with van der Waals surface area (Å²) in [6.07, 6.45) is -4.92. The van der Waals surface area contributed by atoms with E-state index in [0.717, 1.165) is 0 Å². The standard InChI is InChI=1S/C9H7F3N2O6/c1-2-19-8(16)5-6(20-9(10,11)12)4(14(17)18)3-13-7(5)15/h3H,2H2,1H3,(H,13,15). The maximum atomic E-state index is 12.2. The number of rotatable bonds is 4. The Labute approximate surface area is 108 Å². The Morgan fingerprint density at radius 2 is 2.10 bits per heavy atom. The number of carbonyl (C=O) groups excluding carboxylic acids is 1. The van der Waals surface area contributed by atoms with Crippen molar-refractivity contribution in [3.8, 4) is 5.75 Å². The van der Waals surface area contributed by atoms with Crippen LogP contribution in [0.3, 0.4) is 0 Å². The lowest BCUT2D eigenvalue weighted by molar-refractivity contribution is -0.389. The van der Waals surface area contributed by atoms with Gasteiger partial charge in [-0.15, -0.1) is 13.2 Å². The SMILES string of the molecule is CCOC(=O)c1c(OC(F)(F)F)c([N+](=O)[O-])c[nH]c1=O. The molecule has 8 nitrogen and oxygen atoms in total. The summed E-state index contributed by atoms with van der Waals surface area (Å²) in [6, 6.07) is 0. The van der Waals surface area contributed by atoms with Crippen LogP contribution < -0.4 is 10.3 Å². The van der Waals surface area contributed by atoms with E-state index in [1.54, 1.807) is 4.98 Å². The molecule has 0 radical (unpaired) electrons. The Morgan fingerprint density at radius 3 is 2.55 bits per heavy atom. The number of aromatic nitrogens is 1. The third-order valence-electron chi connectivity index (χ3n) is 1.92. The normalized spacial score (nSPS) is 11.0. The number of nitro groups is 1. The molecule has 0 aliphatic heterocycles. The van der Waals surface area contributed by atoms with Crippen molar-refractivity contribution in [2.75, 3.05) is 6.61 Å². The van der Waals surface area contributed by atoms with Crippen molar-refractivity contribution in [3.63, 3.8) is 0 Å². The fraction of sp³-hybridized carbons (Fsp3) is 0.333. The summed E-state index contributed by atoms with van der Waals surface area (Å²) < 4.78 is 44.5. The molecule has 1 aromatic rings. The summed E-state index contributed by atoms with van der Waals surface area (Å²) >= 11 is 0. The lowest BCUT2D eigenvalue weighted by Crippen LogP contribution is -2.26. The van der Waals surface area contributed by atoms with E-state index in [9.17, 15) is 32.9 Å². The largest absolute Gasteiger partial charge is 0.573 e. The van der Waals surface area contributed by atoms with Gasteiger partial charge in [-0.05, 0) is 6.92 Å². The fourth-order valence-electron chi connectivity index (χ4n) is 1.25. The Kier molecular flexibility index (Phi) is 4.32. The number of alkyl halides is 3. The molecule has 0 aromatic carbocycles. The molecule has 110 valence electrons. The average Bonchev–Trinajstić information content (AvgIpc) is 2.26. The number of ether oxygens (including phenoxy) is 2. The first kappa shape index (κ1) is 15.5. The number of aromatic amines is 1. The minimum absolute atomic E-state index is 0.244. The summed E-state index contributed by atoms with van der Waals surface area (Å²) in [5.41, 5.74) is -3.74. The molecule has 1 N–H and O–H groups in total. The number of pyridine rings is 1. The van der Waals surface area contributed by atoms with Crippen LogP contribution in [-0.4, -0.2) is 28.8 Å². The molecule has 0 aliphatic carbocycles. The van der Waals surface area contributed by atoms with Crippen LogP contribution in [0.4, 0.5) is 18.9 Å². The molecule has 1 heterocycles. The van der Waals surface area contributed by atoms with E-state index < -0.39 is 39.8 Å². The second-order valence-corrected chi connectivity index (χ2v) is 3.23.